The minimum Gasteiger partial charge on any atom is -0.261 e. The largest absolute Gasteiger partial charge is 0.261 e. The van der Waals surface area contributed by atoms with Gasteiger partial charge < -0.3 is 0 Å². The van der Waals surface area contributed by atoms with Crippen molar-refractivity contribution in [1.82, 2.24) is 4.98 Å². The SMILES string of the molecule is CCN(N=O)c1ccnc(C)c1. The second-order valence-corrected chi connectivity index (χ2v) is 2.45. The first-order chi connectivity index (χ1) is 5.77. The van der Waals surface area contributed by atoms with Crippen LogP contribution in [-0.2, 0) is 0 Å². The van der Waals surface area contributed by atoms with Crippen molar-refractivity contribution in [3.63, 3.8) is 0 Å². The van der Waals surface area contributed by atoms with Crippen LogP contribution in [0.2, 0.25) is 0 Å². The van der Waals surface area contributed by atoms with E-state index in [4.69, 9.17) is 0 Å². The summed E-state index contributed by atoms with van der Waals surface area (Å²) in [6, 6.07) is 3.59. The standard InChI is InChI=1S/C8H11N3O/c1-3-11(10-12)8-4-5-9-7(2)6-8/h4-6H,3H2,1-2H3. The van der Waals surface area contributed by atoms with Gasteiger partial charge in [0.2, 0.25) is 0 Å². The summed E-state index contributed by atoms with van der Waals surface area (Å²) in [7, 11) is 0. The zero-order chi connectivity index (χ0) is 8.97. The summed E-state index contributed by atoms with van der Waals surface area (Å²) in [4.78, 5) is 14.3. The van der Waals surface area contributed by atoms with E-state index < -0.39 is 0 Å². The number of aromatic nitrogens is 1. The van der Waals surface area contributed by atoms with Crippen molar-refractivity contribution >= 4 is 5.69 Å². The number of aryl methyl sites for hydroxylation is 1. The van der Waals surface area contributed by atoms with Crippen LogP contribution in [0.1, 0.15) is 12.6 Å². The Hall–Kier alpha value is -1.45. The molecule has 0 aliphatic carbocycles. The van der Waals surface area contributed by atoms with Gasteiger partial charge >= 0.3 is 0 Å². The Balaban J connectivity index is 2.93. The normalized spacial score (nSPS) is 9.50. The highest BCUT2D eigenvalue weighted by molar-refractivity contribution is 5.44. The van der Waals surface area contributed by atoms with Crippen molar-refractivity contribution in [2.45, 2.75) is 13.8 Å². The first kappa shape index (κ1) is 8.64. The number of anilines is 1. The van der Waals surface area contributed by atoms with Gasteiger partial charge in [0, 0.05) is 18.4 Å². The van der Waals surface area contributed by atoms with E-state index in [0.29, 0.717) is 6.54 Å². The Morgan fingerprint density at radius 1 is 1.67 bits per heavy atom. The van der Waals surface area contributed by atoms with Crippen LogP contribution in [-0.4, -0.2) is 11.5 Å². The van der Waals surface area contributed by atoms with Gasteiger partial charge in [-0.25, -0.2) is 5.01 Å². The molecule has 1 aromatic heterocycles. The number of nitrogens with zero attached hydrogens (tertiary/aromatic N) is 3. The molecule has 1 heterocycles. The van der Waals surface area contributed by atoms with Crippen LogP contribution >= 0.6 is 0 Å². The minimum atomic E-state index is 0.576. The molecule has 0 unspecified atom stereocenters. The molecule has 4 nitrogen and oxygen atoms in total. The molecule has 0 bridgehead atoms. The summed E-state index contributed by atoms with van der Waals surface area (Å²) in [6.45, 7) is 4.33. The van der Waals surface area contributed by atoms with E-state index in [1.807, 2.05) is 19.9 Å². The van der Waals surface area contributed by atoms with Crippen molar-refractivity contribution in [3.8, 4) is 0 Å². The molecule has 1 rings (SSSR count). The quantitative estimate of drug-likeness (QED) is 0.507. The summed E-state index contributed by atoms with van der Waals surface area (Å²) in [5, 5.41) is 4.26. The van der Waals surface area contributed by atoms with Gasteiger partial charge in [-0.15, -0.1) is 4.91 Å². The third-order valence-corrected chi connectivity index (χ3v) is 1.58. The van der Waals surface area contributed by atoms with Crippen molar-refractivity contribution in [2.75, 3.05) is 11.6 Å². The molecule has 0 fully saturated rings. The second-order valence-electron chi connectivity index (χ2n) is 2.45. The van der Waals surface area contributed by atoms with Crippen LogP contribution < -0.4 is 5.01 Å². The molecule has 12 heavy (non-hydrogen) atoms. The second kappa shape index (κ2) is 3.80. The lowest BCUT2D eigenvalue weighted by Crippen LogP contribution is -2.13. The Morgan fingerprint density at radius 3 is 2.92 bits per heavy atom. The maximum Gasteiger partial charge on any atom is 0.0659 e. The highest BCUT2D eigenvalue weighted by atomic mass is 16.3. The molecule has 0 spiro atoms. The molecule has 0 aliphatic heterocycles. The fourth-order valence-electron chi connectivity index (χ4n) is 0.979. The average molecular weight is 165 g/mol. The van der Waals surface area contributed by atoms with E-state index in [1.165, 1.54) is 5.01 Å². The number of hydrogen-bond acceptors (Lipinski definition) is 3. The lowest BCUT2D eigenvalue weighted by molar-refractivity contribution is 0.881. The van der Waals surface area contributed by atoms with E-state index >= 15 is 0 Å². The topological polar surface area (TPSA) is 45.6 Å². The number of rotatable bonds is 3. The van der Waals surface area contributed by atoms with Crippen molar-refractivity contribution in [2.24, 2.45) is 5.29 Å². The van der Waals surface area contributed by atoms with Gasteiger partial charge in [-0.1, -0.05) is 0 Å². The summed E-state index contributed by atoms with van der Waals surface area (Å²) in [5.41, 5.74) is 1.68. The predicted octanol–water partition coefficient (Wildman–Crippen LogP) is 1.90. The van der Waals surface area contributed by atoms with Gasteiger partial charge in [0.05, 0.1) is 11.0 Å². The fraction of sp³-hybridized carbons (Fsp3) is 0.375. The maximum atomic E-state index is 10.3. The monoisotopic (exact) mass is 165 g/mol. The molecule has 4 heteroatoms. The molecule has 0 aromatic carbocycles. The van der Waals surface area contributed by atoms with E-state index in [-0.39, 0.29) is 0 Å². The predicted molar refractivity (Wildman–Crippen MR) is 47.8 cm³/mol. The molecular formula is C8H11N3O. The highest BCUT2D eigenvalue weighted by Crippen LogP contribution is 2.13. The van der Waals surface area contributed by atoms with E-state index in [2.05, 4.69) is 10.3 Å². The van der Waals surface area contributed by atoms with Gasteiger partial charge in [-0.05, 0) is 26.0 Å². The molecule has 1 aromatic rings. The van der Waals surface area contributed by atoms with Gasteiger partial charge in [-0.2, -0.15) is 0 Å². The molecule has 0 saturated carbocycles. The van der Waals surface area contributed by atoms with Crippen LogP contribution in [0.3, 0.4) is 0 Å². The zero-order valence-electron chi connectivity index (χ0n) is 7.19. The highest BCUT2D eigenvalue weighted by Gasteiger charge is 2.02. The Bertz CT molecular complexity index is 275. The lowest BCUT2D eigenvalue weighted by atomic mass is 10.3. The van der Waals surface area contributed by atoms with Crippen molar-refractivity contribution in [3.05, 3.63) is 28.9 Å². The zero-order valence-corrected chi connectivity index (χ0v) is 7.19. The third-order valence-electron chi connectivity index (χ3n) is 1.58. The molecule has 64 valence electrons. The molecule has 0 N–H and O–H groups in total. The smallest absolute Gasteiger partial charge is 0.0659 e. The van der Waals surface area contributed by atoms with Crippen molar-refractivity contribution < 1.29 is 0 Å². The molecular weight excluding hydrogens is 154 g/mol. The minimum absolute atomic E-state index is 0.576. The first-order valence-corrected chi connectivity index (χ1v) is 3.81. The maximum absolute atomic E-state index is 10.3. The molecule has 0 radical (unpaired) electrons. The summed E-state index contributed by atoms with van der Waals surface area (Å²) in [5.74, 6) is 0. The van der Waals surface area contributed by atoms with E-state index in [9.17, 15) is 4.91 Å². The van der Waals surface area contributed by atoms with E-state index in [1.54, 1.807) is 12.3 Å². The third kappa shape index (κ3) is 1.78. The fourth-order valence-corrected chi connectivity index (χ4v) is 0.979. The van der Waals surface area contributed by atoms with Crippen LogP contribution in [0, 0.1) is 11.8 Å². The van der Waals surface area contributed by atoms with Crippen LogP contribution in [0.4, 0.5) is 5.69 Å². The lowest BCUT2D eigenvalue weighted by Gasteiger charge is -2.11. The Morgan fingerprint density at radius 2 is 2.42 bits per heavy atom. The summed E-state index contributed by atoms with van der Waals surface area (Å²) < 4.78 is 0. The molecule has 0 saturated heterocycles. The molecule has 0 atom stereocenters. The van der Waals surface area contributed by atoms with Gasteiger partial charge in [-0.3, -0.25) is 4.98 Å². The van der Waals surface area contributed by atoms with Gasteiger partial charge in [0.1, 0.15) is 0 Å². The number of nitroso groups, excluding NO2 is 1. The van der Waals surface area contributed by atoms with Crippen LogP contribution in [0.25, 0.3) is 0 Å². The summed E-state index contributed by atoms with van der Waals surface area (Å²) in [6.07, 6.45) is 1.67. The van der Waals surface area contributed by atoms with Gasteiger partial charge in [0.15, 0.2) is 0 Å². The average Bonchev–Trinajstić information content (AvgIpc) is 2.07. The first-order valence-electron chi connectivity index (χ1n) is 3.81. The van der Waals surface area contributed by atoms with Crippen LogP contribution in [0.5, 0.6) is 0 Å². The number of pyridine rings is 1. The van der Waals surface area contributed by atoms with Crippen molar-refractivity contribution in [1.29, 1.82) is 0 Å². The summed E-state index contributed by atoms with van der Waals surface area (Å²) >= 11 is 0. The van der Waals surface area contributed by atoms with E-state index in [0.717, 1.165) is 11.4 Å². The Labute approximate surface area is 71.2 Å². The van der Waals surface area contributed by atoms with Crippen LogP contribution in [0.15, 0.2) is 23.6 Å². The number of hydrogen-bond donors (Lipinski definition) is 0. The molecule has 0 aliphatic rings. The van der Waals surface area contributed by atoms with Gasteiger partial charge in [0.25, 0.3) is 0 Å². The Kier molecular flexibility index (Phi) is 2.74. The molecule has 0 amide bonds.